The van der Waals surface area contributed by atoms with E-state index in [1.807, 2.05) is 18.2 Å². The van der Waals surface area contributed by atoms with Gasteiger partial charge in [-0.2, -0.15) is 0 Å². The van der Waals surface area contributed by atoms with Crippen molar-refractivity contribution in [3.63, 3.8) is 0 Å². The molecule has 1 aliphatic rings. The number of hydrogen-bond donors (Lipinski definition) is 1. The molecular formula is C14H19NO3. The fraction of sp³-hybridized carbons (Fsp3) is 0.500. The molecule has 1 saturated heterocycles. The summed E-state index contributed by atoms with van der Waals surface area (Å²) in [5.41, 5.74) is 1.15. The second kappa shape index (κ2) is 5.87. The van der Waals surface area contributed by atoms with E-state index >= 15 is 0 Å². The highest BCUT2D eigenvalue weighted by atomic mass is 16.5. The van der Waals surface area contributed by atoms with E-state index in [1.54, 1.807) is 7.11 Å². The zero-order chi connectivity index (χ0) is 13.0. The lowest BCUT2D eigenvalue weighted by Crippen LogP contribution is -2.35. The molecule has 1 unspecified atom stereocenters. The molecule has 4 heteroatoms. The first-order chi connectivity index (χ1) is 8.70. The maximum absolute atomic E-state index is 10.8. The first-order valence-corrected chi connectivity index (χ1v) is 6.28. The van der Waals surface area contributed by atoms with Crippen molar-refractivity contribution in [2.75, 3.05) is 20.2 Å². The summed E-state index contributed by atoms with van der Waals surface area (Å²) in [7, 11) is 1.67. The number of nitrogens with zero attached hydrogens (tertiary/aromatic N) is 1. The minimum Gasteiger partial charge on any atom is -0.496 e. The van der Waals surface area contributed by atoms with Crippen LogP contribution in [-0.4, -0.2) is 42.2 Å². The molecule has 1 atom stereocenters. The SMILES string of the molecule is COc1ccccc1CC1CCCN1CC(=O)O. The molecule has 0 saturated carbocycles. The molecule has 0 bridgehead atoms. The van der Waals surface area contributed by atoms with Crippen molar-refractivity contribution >= 4 is 5.97 Å². The lowest BCUT2D eigenvalue weighted by atomic mass is 10.0. The number of carbonyl (C=O) groups is 1. The van der Waals surface area contributed by atoms with Gasteiger partial charge in [-0.15, -0.1) is 0 Å². The Morgan fingerprint density at radius 3 is 3.00 bits per heavy atom. The Morgan fingerprint density at radius 1 is 1.50 bits per heavy atom. The van der Waals surface area contributed by atoms with Gasteiger partial charge < -0.3 is 9.84 Å². The lowest BCUT2D eigenvalue weighted by molar-refractivity contribution is -0.138. The van der Waals surface area contributed by atoms with Crippen LogP contribution in [0.25, 0.3) is 0 Å². The fourth-order valence-electron chi connectivity index (χ4n) is 2.63. The minimum atomic E-state index is -0.748. The Hall–Kier alpha value is -1.55. The maximum atomic E-state index is 10.8. The zero-order valence-electron chi connectivity index (χ0n) is 10.6. The van der Waals surface area contributed by atoms with Crippen LogP contribution in [-0.2, 0) is 11.2 Å². The summed E-state index contributed by atoms with van der Waals surface area (Å²) in [6.45, 7) is 1.02. The molecule has 0 amide bonds. The van der Waals surface area contributed by atoms with E-state index in [0.717, 1.165) is 37.1 Å². The van der Waals surface area contributed by atoms with Crippen LogP contribution in [0.3, 0.4) is 0 Å². The van der Waals surface area contributed by atoms with E-state index in [1.165, 1.54) is 0 Å². The molecule has 98 valence electrons. The number of para-hydroxylation sites is 1. The summed E-state index contributed by atoms with van der Waals surface area (Å²) in [5, 5.41) is 8.89. The Labute approximate surface area is 107 Å². The van der Waals surface area contributed by atoms with Crippen LogP contribution < -0.4 is 4.74 Å². The van der Waals surface area contributed by atoms with Crippen LogP contribution in [0.5, 0.6) is 5.75 Å². The third-order valence-electron chi connectivity index (χ3n) is 3.49. The van der Waals surface area contributed by atoms with Gasteiger partial charge in [0.25, 0.3) is 0 Å². The highest BCUT2D eigenvalue weighted by Gasteiger charge is 2.26. The highest BCUT2D eigenvalue weighted by molar-refractivity contribution is 5.69. The monoisotopic (exact) mass is 249 g/mol. The first kappa shape index (κ1) is 12.9. The van der Waals surface area contributed by atoms with Gasteiger partial charge in [-0.05, 0) is 37.4 Å². The summed E-state index contributed by atoms with van der Waals surface area (Å²) >= 11 is 0. The van der Waals surface area contributed by atoms with Crippen molar-refractivity contribution in [2.45, 2.75) is 25.3 Å². The number of aliphatic carboxylic acids is 1. The highest BCUT2D eigenvalue weighted by Crippen LogP contribution is 2.25. The van der Waals surface area contributed by atoms with E-state index in [2.05, 4.69) is 11.0 Å². The number of methoxy groups -OCH3 is 1. The largest absolute Gasteiger partial charge is 0.496 e. The smallest absolute Gasteiger partial charge is 0.317 e. The third-order valence-corrected chi connectivity index (χ3v) is 3.49. The molecule has 1 fully saturated rings. The quantitative estimate of drug-likeness (QED) is 0.864. The molecule has 2 rings (SSSR count). The third kappa shape index (κ3) is 3.01. The summed E-state index contributed by atoms with van der Waals surface area (Å²) in [5.74, 6) is 0.140. The van der Waals surface area contributed by atoms with Crippen LogP contribution in [0.4, 0.5) is 0 Å². The van der Waals surface area contributed by atoms with Gasteiger partial charge in [0, 0.05) is 6.04 Å². The van der Waals surface area contributed by atoms with Crippen LogP contribution >= 0.6 is 0 Å². The Kier molecular flexibility index (Phi) is 4.20. The molecular weight excluding hydrogens is 230 g/mol. The van der Waals surface area contributed by atoms with E-state index in [-0.39, 0.29) is 6.54 Å². The van der Waals surface area contributed by atoms with Crippen molar-refractivity contribution in [1.29, 1.82) is 0 Å². The van der Waals surface area contributed by atoms with Gasteiger partial charge in [-0.1, -0.05) is 18.2 Å². The molecule has 0 spiro atoms. The number of ether oxygens (including phenoxy) is 1. The minimum absolute atomic E-state index is 0.139. The van der Waals surface area contributed by atoms with E-state index in [0.29, 0.717) is 6.04 Å². The Balaban J connectivity index is 2.05. The lowest BCUT2D eigenvalue weighted by Gasteiger charge is -2.23. The molecule has 1 aromatic rings. The number of carboxylic acid groups (broad SMARTS) is 1. The normalized spacial score (nSPS) is 19.9. The number of hydrogen-bond acceptors (Lipinski definition) is 3. The van der Waals surface area contributed by atoms with Crippen LogP contribution in [0.1, 0.15) is 18.4 Å². The van der Waals surface area contributed by atoms with Crippen molar-refractivity contribution in [3.05, 3.63) is 29.8 Å². The molecule has 1 heterocycles. The molecule has 0 aromatic heterocycles. The molecule has 4 nitrogen and oxygen atoms in total. The molecule has 18 heavy (non-hydrogen) atoms. The van der Waals surface area contributed by atoms with Gasteiger partial charge in [0.1, 0.15) is 5.75 Å². The fourth-order valence-corrected chi connectivity index (χ4v) is 2.63. The van der Waals surface area contributed by atoms with Crippen molar-refractivity contribution in [1.82, 2.24) is 4.90 Å². The Morgan fingerprint density at radius 2 is 2.28 bits per heavy atom. The Bertz CT molecular complexity index is 419. The molecule has 0 aliphatic carbocycles. The second-order valence-electron chi connectivity index (χ2n) is 4.68. The summed E-state index contributed by atoms with van der Waals surface area (Å²) < 4.78 is 5.34. The van der Waals surface area contributed by atoms with Crippen LogP contribution in [0.2, 0.25) is 0 Å². The van der Waals surface area contributed by atoms with E-state index < -0.39 is 5.97 Å². The first-order valence-electron chi connectivity index (χ1n) is 6.28. The maximum Gasteiger partial charge on any atom is 0.317 e. The molecule has 1 aromatic carbocycles. The zero-order valence-corrected chi connectivity index (χ0v) is 10.6. The molecule has 0 radical (unpaired) electrons. The van der Waals surface area contributed by atoms with Gasteiger partial charge in [-0.25, -0.2) is 0 Å². The summed E-state index contributed by atoms with van der Waals surface area (Å²) in [4.78, 5) is 12.9. The number of carboxylic acids is 1. The van der Waals surface area contributed by atoms with Crippen molar-refractivity contribution in [3.8, 4) is 5.75 Å². The predicted molar refractivity (Wildman–Crippen MR) is 68.9 cm³/mol. The molecule has 1 N–H and O–H groups in total. The molecule has 1 aliphatic heterocycles. The predicted octanol–water partition coefficient (Wildman–Crippen LogP) is 1.79. The second-order valence-corrected chi connectivity index (χ2v) is 4.68. The van der Waals surface area contributed by atoms with Crippen molar-refractivity contribution in [2.24, 2.45) is 0 Å². The van der Waals surface area contributed by atoms with Crippen LogP contribution in [0, 0.1) is 0 Å². The van der Waals surface area contributed by atoms with Crippen LogP contribution in [0.15, 0.2) is 24.3 Å². The van der Waals surface area contributed by atoms with E-state index in [4.69, 9.17) is 9.84 Å². The number of rotatable bonds is 5. The van der Waals surface area contributed by atoms with Gasteiger partial charge in [0.05, 0.1) is 13.7 Å². The summed E-state index contributed by atoms with van der Waals surface area (Å²) in [6, 6.07) is 8.26. The van der Waals surface area contributed by atoms with Gasteiger partial charge >= 0.3 is 5.97 Å². The van der Waals surface area contributed by atoms with Gasteiger partial charge in [-0.3, -0.25) is 9.69 Å². The van der Waals surface area contributed by atoms with Gasteiger partial charge in [0.15, 0.2) is 0 Å². The number of likely N-dealkylation sites (tertiary alicyclic amines) is 1. The van der Waals surface area contributed by atoms with E-state index in [9.17, 15) is 4.79 Å². The standard InChI is InChI=1S/C14H19NO3/c1-18-13-7-3-2-5-11(13)9-12-6-4-8-15(12)10-14(16)17/h2-3,5,7,12H,4,6,8-10H2,1H3,(H,16,17). The van der Waals surface area contributed by atoms with Gasteiger partial charge in [0.2, 0.25) is 0 Å². The topological polar surface area (TPSA) is 49.8 Å². The van der Waals surface area contributed by atoms with Crippen molar-refractivity contribution < 1.29 is 14.6 Å². The summed E-state index contributed by atoms with van der Waals surface area (Å²) in [6.07, 6.45) is 3.00. The average Bonchev–Trinajstić information content (AvgIpc) is 2.76. The average molecular weight is 249 g/mol. The number of benzene rings is 1.